The molecular formula is C10H14ClFN4. The molecule has 1 heterocycles. The molecular weight excluding hydrogens is 231 g/mol. The fourth-order valence-corrected chi connectivity index (χ4v) is 1.43. The van der Waals surface area contributed by atoms with Gasteiger partial charge in [-0.25, -0.2) is 9.37 Å². The molecule has 3 N–H and O–H groups in total. The SMILES string of the molecule is CC(CN(C)c1ncc(Cl)cc1F)C(=N)N. The largest absolute Gasteiger partial charge is 0.387 e. The summed E-state index contributed by atoms with van der Waals surface area (Å²) in [6.07, 6.45) is 1.38. The van der Waals surface area contributed by atoms with Crippen LogP contribution in [0.4, 0.5) is 10.2 Å². The Balaban J connectivity index is 2.80. The summed E-state index contributed by atoms with van der Waals surface area (Å²) in [6, 6.07) is 1.21. The zero-order chi connectivity index (χ0) is 12.3. The third kappa shape index (κ3) is 3.06. The molecule has 0 aliphatic heterocycles. The molecule has 1 rings (SSSR count). The third-order valence-corrected chi connectivity index (χ3v) is 2.44. The van der Waals surface area contributed by atoms with E-state index in [2.05, 4.69) is 4.98 Å². The first-order valence-electron chi connectivity index (χ1n) is 4.78. The highest BCUT2D eigenvalue weighted by molar-refractivity contribution is 6.30. The Hall–Kier alpha value is -1.36. The molecule has 0 spiro atoms. The number of rotatable bonds is 4. The van der Waals surface area contributed by atoms with Gasteiger partial charge in [-0.2, -0.15) is 0 Å². The van der Waals surface area contributed by atoms with Crippen LogP contribution < -0.4 is 10.6 Å². The van der Waals surface area contributed by atoms with Crippen LogP contribution in [0.15, 0.2) is 12.3 Å². The summed E-state index contributed by atoms with van der Waals surface area (Å²) in [5.41, 5.74) is 5.35. The van der Waals surface area contributed by atoms with Crippen LogP contribution in [0.25, 0.3) is 0 Å². The van der Waals surface area contributed by atoms with E-state index in [1.807, 2.05) is 0 Å². The van der Waals surface area contributed by atoms with Gasteiger partial charge in [-0.1, -0.05) is 18.5 Å². The minimum atomic E-state index is -0.481. The third-order valence-electron chi connectivity index (χ3n) is 2.23. The van der Waals surface area contributed by atoms with Gasteiger partial charge < -0.3 is 10.6 Å². The average Bonchev–Trinajstić information content (AvgIpc) is 2.16. The standard InChI is InChI=1S/C10H14ClFN4/c1-6(9(13)14)5-16(2)10-8(12)3-7(11)4-15-10/h3-4,6H,5H2,1-2H3,(H3,13,14). The van der Waals surface area contributed by atoms with E-state index in [1.54, 1.807) is 18.9 Å². The van der Waals surface area contributed by atoms with Gasteiger partial charge in [0.05, 0.1) is 10.9 Å². The Morgan fingerprint density at radius 3 is 2.88 bits per heavy atom. The molecule has 0 fully saturated rings. The number of hydrogen-bond donors (Lipinski definition) is 2. The lowest BCUT2D eigenvalue weighted by atomic mass is 10.1. The highest BCUT2D eigenvalue weighted by Gasteiger charge is 2.14. The van der Waals surface area contributed by atoms with Crippen molar-refractivity contribution in [3.63, 3.8) is 0 Å². The minimum Gasteiger partial charge on any atom is -0.387 e. The fourth-order valence-electron chi connectivity index (χ4n) is 1.28. The van der Waals surface area contributed by atoms with E-state index in [-0.39, 0.29) is 22.6 Å². The number of hydrogen-bond acceptors (Lipinski definition) is 3. The van der Waals surface area contributed by atoms with Crippen molar-refractivity contribution >= 4 is 23.3 Å². The molecule has 1 aromatic rings. The van der Waals surface area contributed by atoms with Crippen LogP contribution in [-0.2, 0) is 0 Å². The van der Waals surface area contributed by atoms with Crippen molar-refractivity contribution < 1.29 is 4.39 Å². The van der Waals surface area contributed by atoms with Gasteiger partial charge in [0.2, 0.25) is 0 Å². The Kier molecular flexibility index (Phi) is 4.06. The van der Waals surface area contributed by atoms with Crippen LogP contribution in [0, 0.1) is 17.1 Å². The van der Waals surface area contributed by atoms with Crippen LogP contribution in [-0.4, -0.2) is 24.4 Å². The van der Waals surface area contributed by atoms with Gasteiger partial charge in [-0.3, -0.25) is 5.41 Å². The first-order valence-corrected chi connectivity index (χ1v) is 5.15. The summed E-state index contributed by atoms with van der Waals surface area (Å²) in [7, 11) is 1.69. The summed E-state index contributed by atoms with van der Waals surface area (Å²) >= 11 is 5.60. The summed E-state index contributed by atoms with van der Waals surface area (Å²) in [4.78, 5) is 5.51. The number of pyridine rings is 1. The maximum Gasteiger partial charge on any atom is 0.167 e. The number of nitrogens with one attached hydrogen (secondary N) is 1. The molecule has 4 nitrogen and oxygen atoms in total. The van der Waals surface area contributed by atoms with E-state index in [1.165, 1.54) is 12.3 Å². The Morgan fingerprint density at radius 2 is 2.38 bits per heavy atom. The first kappa shape index (κ1) is 12.7. The Morgan fingerprint density at radius 1 is 1.75 bits per heavy atom. The average molecular weight is 245 g/mol. The van der Waals surface area contributed by atoms with E-state index in [9.17, 15) is 4.39 Å². The monoisotopic (exact) mass is 244 g/mol. The smallest absolute Gasteiger partial charge is 0.167 e. The van der Waals surface area contributed by atoms with Crippen molar-refractivity contribution in [3.8, 4) is 0 Å². The van der Waals surface area contributed by atoms with Crippen LogP contribution in [0.1, 0.15) is 6.92 Å². The van der Waals surface area contributed by atoms with E-state index in [4.69, 9.17) is 22.7 Å². The molecule has 0 aromatic carbocycles. The summed E-state index contributed by atoms with van der Waals surface area (Å²) in [6.45, 7) is 2.23. The maximum atomic E-state index is 13.5. The number of nitrogens with zero attached hydrogens (tertiary/aromatic N) is 2. The highest BCUT2D eigenvalue weighted by atomic mass is 35.5. The fraction of sp³-hybridized carbons (Fsp3) is 0.400. The lowest BCUT2D eigenvalue weighted by molar-refractivity contribution is 0.608. The second-order valence-electron chi connectivity index (χ2n) is 3.70. The maximum absolute atomic E-state index is 13.5. The van der Waals surface area contributed by atoms with Crippen LogP contribution >= 0.6 is 11.6 Å². The molecule has 1 atom stereocenters. The van der Waals surface area contributed by atoms with Crippen LogP contribution in [0.5, 0.6) is 0 Å². The van der Waals surface area contributed by atoms with Gasteiger partial charge in [0.15, 0.2) is 11.6 Å². The molecule has 0 saturated heterocycles. The van der Waals surface area contributed by atoms with Gasteiger partial charge in [0.25, 0.3) is 0 Å². The Bertz CT molecular complexity index is 396. The molecule has 88 valence electrons. The zero-order valence-electron chi connectivity index (χ0n) is 9.17. The lowest BCUT2D eigenvalue weighted by Gasteiger charge is -2.22. The molecule has 0 aliphatic carbocycles. The molecule has 0 bridgehead atoms. The van der Waals surface area contributed by atoms with E-state index >= 15 is 0 Å². The van der Waals surface area contributed by atoms with E-state index < -0.39 is 5.82 Å². The zero-order valence-corrected chi connectivity index (χ0v) is 9.92. The summed E-state index contributed by atoms with van der Waals surface area (Å²) in [5, 5.41) is 7.52. The predicted molar refractivity (Wildman–Crippen MR) is 63.6 cm³/mol. The molecule has 0 radical (unpaired) electrons. The topological polar surface area (TPSA) is 66.0 Å². The van der Waals surface area contributed by atoms with E-state index in [0.717, 1.165) is 0 Å². The van der Waals surface area contributed by atoms with Crippen LogP contribution in [0.2, 0.25) is 5.02 Å². The van der Waals surface area contributed by atoms with Gasteiger partial charge in [0.1, 0.15) is 0 Å². The van der Waals surface area contributed by atoms with Gasteiger partial charge >= 0.3 is 0 Å². The number of halogens is 2. The van der Waals surface area contributed by atoms with Crippen molar-refractivity contribution in [2.45, 2.75) is 6.92 Å². The second-order valence-corrected chi connectivity index (χ2v) is 4.13. The van der Waals surface area contributed by atoms with Crippen molar-refractivity contribution in [3.05, 3.63) is 23.1 Å². The van der Waals surface area contributed by atoms with Crippen molar-refractivity contribution in [2.75, 3.05) is 18.5 Å². The van der Waals surface area contributed by atoms with Crippen molar-refractivity contribution in [1.29, 1.82) is 5.41 Å². The van der Waals surface area contributed by atoms with Gasteiger partial charge in [-0.15, -0.1) is 0 Å². The van der Waals surface area contributed by atoms with Crippen molar-refractivity contribution in [2.24, 2.45) is 11.7 Å². The molecule has 16 heavy (non-hydrogen) atoms. The minimum absolute atomic E-state index is 0.0706. The van der Waals surface area contributed by atoms with Crippen LogP contribution in [0.3, 0.4) is 0 Å². The predicted octanol–water partition coefficient (Wildman–Crippen LogP) is 1.88. The molecule has 1 aromatic heterocycles. The quantitative estimate of drug-likeness (QED) is 0.628. The van der Waals surface area contributed by atoms with Gasteiger partial charge in [0, 0.05) is 25.7 Å². The number of anilines is 1. The molecule has 6 heteroatoms. The van der Waals surface area contributed by atoms with E-state index in [0.29, 0.717) is 6.54 Å². The molecule has 0 saturated carbocycles. The second kappa shape index (κ2) is 5.12. The number of amidine groups is 1. The highest BCUT2D eigenvalue weighted by Crippen LogP contribution is 2.19. The summed E-state index contributed by atoms with van der Waals surface area (Å²) < 4.78 is 13.5. The number of nitrogens with two attached hydrogens (primary N) is 1. The number of aromatic nitrogens is 1. The Labute approximate surface area is 98.7 Å². The molecule has 1 unspecified atom stereocenters. The van der Waals surface area contributed by atoms with Crippen molar-refractivity contribution in [1.82, 2.24) is 4.98 Å². The normalized spacial score (nSPS) is 12.2. The van der Waals surface area contributed by atoms with Gasteiger partial charge in [-0.05, 0) is 6.07 Å². The summed E-state index contributed by atoms with van der Waals surface area (Å²) in [5.74, 6) is -0.355. The molecule has 0 amide bonds. The molecule has 0 aliphatic rings. The first-order chi connectivity index (χ1) is 7.41. The lowest BCUT2D eigenvalue weighted by Crippen LogP contribution is -2.32.